The van der Waals surface area contributed by atoms with E-state index in [1.807, 2.05) is 26.0 Å². The van der Waals surface area contributed by atoms with E-state index < -0.39 is 0 Å². The van der Waals surface area contributed by atoms with Gasteiger partial charge in [0.15, 0.2) is 0 Å². The van der Waals surface area contributed by atoms with Crippen LogP contribution >= 0.6 is 0 Å². The third kappa shape index (κ3) is 3.50. The zero-order valence-corrected chi connectivity index (χ0v) is 7.22. The highest BCUT2D eigenvalue weighted by molar-refractivity contribution is 5.28. The maximum Gasteiger partial charge on any atom is 0.0567 e. The highest BCUT2D eigenvalue weighted by Gasteiger charge is 1.91. The Hall–Kier alpha value is -1.18. The fourth-order valence-electron chi connectivity index (χ4n) is 0.752. The zero-order valence-electron chi connectivity index (χ0n) is 7.22. The van der Waals surface area contributed by atoms with Crippen molar-refractivity contribution in [3.63, 3.8) is 0 Å². The van der Waals surface area contributed by atoms with Gasteiger partial charge in [0.05, 0.1) is 11.4 Å². The summed E-state index contributed by atoms with van der Waals surface area (Å²) in [6.07, 6.45) is 5.47. The monoisotopic (exact) mass is 152 g/mol. The van der Waals surface area contributed by atoms with Crippen LogP contribution in [0.4, 0.5) is 0 Å². The predicted octanol–water partition coefficient (Wildman–Crippen LogP) is 1.53. The molecule has 11 heavy (non-hydrogen) atoms. The van der Waals surface area contributed by atoms with Crippen LogP contribution in [0, 0.1) is 0 Å². The lowest BCUT2D eigenvalue weighted by Gasteiger charge is -2.05. The molecule has 0 unspecified atom stereocenters. The van der Waals surface area contributed by atoms with Crippen LogP contribution in [0.2, 0.25) is 0 Å². The van der Waals surface area contributed by atoms with Crippen LogP contribution < -0.4 is 11.1 Å². The van der Waals surface area contributed by atoms with E-state index in [1.165, 1.54) is 0 Å². The first-order valence-electron chi connectivity index (χ1n) is 3.75. The van der Waals surface area contributed by atoms with Crippen molar-refractivity contribution >= 4 is 0 Å². The maximum absolute atomic E-state index is 5.68. The number of likely N-dealkylation sites (N-methyl/N-ethyl adjacent to an activating group) is 1. The summed E-state index contributed by atoms with van der Waals surface area (Å²) in [5.41, 5.74) is 7.30. The van der Waals surface area contributed by atoms with E-state index in [2.05, 4.69) is 11.9 Å². The molecule has 2 nitrogen and oxygen atoms in total. The second-order valence-electron chi connectivity index (χ2n) is 2.10. The average molecular weight is 152 g/mol. The third-order valence-electron chi connectivity index (χ3n) is 1.23. The van der Waals surface area contributed by atoms with E-state index >= 15 is 0 Å². The number of nitrogens with two attached hydrogens (primary N) is 1. The van der Waals surface area contributed by atoms with Crippen LogP contribution in [0.15, 0.2) is 36.2 Å². The molecule has 0 atom stereocenters. The molecule has 0 bridgehead atoms. The molecule has 0 aliphatic heterocycles. The van der Waals surface area contributed by atoms with Gasteiger partial charge in [-0.05, 0) is 26.0 Å². The Balaban J connectivity index is 4.38. The molecule has 0 radical (unpaired) electrons. The van der Waals surface area contributed by atoms with E-state index in [0.717, 1.165) is 17.9 Å². The normalized spacial score (nSPS) is 12.9. The number of nitrogens with one attached hydrogen (secondary N) is 1. The lowest BCUT2D eigenvalue weighted by molar-refractivity contribution is 0.867. The summed E-state index contributed by atoms with van der Waals surface area (Å²) in [6.45, 7) is 8.46. The Bertz CT molecular complexity index is 178. The second-order valence-corrected chi connectivity index (χ2v) is 2.10. The molecule has 0 spiro atoms. The van der Waals surface area contributed by atoms with Gasteiger partial charge in [0.1, 0.15) is 0 Å². The first-order chi connectivity index (χ1) is 5.26. The Morgan fingerprint density at radius 2 is 2.27 bits per heavy atom. The van der Waals surface area contributed by atoms with Gasteiger partial charge in [-0.25, -0.2) is 0 Å². The minimum absolute atomic E-state index is 0.726. The van der Waals surface area contributed by atoms with Gasteiger partial charge in [-0.1, -0.05) is 12.7 Å². The second kappa shape index (κ2) is 5.59. The highest BCUT2D eigenvalue weighted by Crippen LogP contribution is 1.96. The molecule has 0 aromatic carbocycles. The van der Waals surface area contributed by atoms with Crippen molar-refractivity contribution in [2.45, 2.75) is 13.8 Å². The van der Waals surface area contributed by atoms with E-state index in [-0.39, 0.29) is 0 Å². The molecule has 3 N–H and O–H groups in total. The molecular weight excluding hydrogens is 136 g/mol. The predicted molar refractivity (Wildman–Crippen MR) is 49.9 cm³/mol. The van der Waals surface area contributed by atoms with Crippen molar-refractivity contribution in [1.82, 2.24) is 5.32 Å². The fourth-order valence-corrected chi connectivity index (χ4v) is 0.752. The van der Waals surface area contributed by atoms with Crippen LogP contribution in [0.25, 0.3) is 0 Å². The summed E-state index contributed by atoms with van der Waals surface area (Å²) in [4.78, 5) is 0. The van der Waals surface area contributed by atoms with Crippen LogP contribution in [0.5, 0.6) is 0 Å². The van der Waals surface area contributed by atoms with Crippen molar-refractivity contribution in [1.29, 1.82) is 0 Å². The lowest BCUT2D eigenvalue weighted by Crippen LogP contribution is -2.15. The summed E-state index contributed by atoms with van der Waals surface area (Å²) in [6, 6.07) is 0. The lowest BCUT2D eigenvalue weighted by atomic mass is 10.3. The van der Waals surface area contributed by atoms with Crippen LogP contribution in [-0.2, 0) is 0 Å². The third-order valence-corrected chi connectivity index (χ3v) is 1.23. The summed E-state index contributed by atoms with van der Waals surface area (Å²) < 4.78 is 0. The minimum atomic E-state index is 0.726. The first-order valence-corrected chi connectivity index (χ1v) is 3.75. The van der Waals surface area contributed by atoms with E-state index in [9.17, 15) is 0 Å². The molecule has 0 aromatic rings. The average Bonchev–Trinajstić information content (AvgIpc) is 2.00. The standard InChI is InChI=1S/C9H16N2/c1-4-7-8(10)9(5-2)11-6-3/h4-5,7,11H,2,6,10H2,1,3H3/b7-4-,9-8-. The molecule has 0 aliphatic carbocycles. The first kappa shape index (κ1) is 9.82. The van der Waals surface area contributed by atoms with Crippen molar-refractivity contribution in [3.05, 3.63) is 36.2 Å². The van der Waals surface area contributed by atoms with Gasteiger partial charge < -0.3 is 11.1 Å². The van der Waals surface area contributed by atoms with Gasteiger partial charge in [-0.3, -0.25) is 0 Å². The highest BCUT2D eigenvalue weighted by atomic mass is 14.9. The molecule has 0 fully saturated rings. The molecule has 0 aliphatic rings. The number of hydrogen-bond donors (Lipinski definition) is 2. The molecule has 0 aromatic heterocycles. The Morgan fingerprint density at radius 1 is 1.64 bits per heavy atom. The van der Waals surface area contributed by atoms with Gasteiger partial charge in [0.2, 0.25) is 0 Å². The van der Waals surface area contributed by atoms with Crippen LogP contribution in [0.3, 0.4) is 0 Å². The molecule has 0 saturated carbocycles. The van der Waals surface area contributed by atoms with Crippen molar-refractivity contribution in [2.75, 3.05) is 6.54 Å². The topological polar surface area (TPSA) is 38.0 Å². The molecule has 0 rings (SSSR count). The zero-order chi connectivity index (χ0) is 8.69. The summed E-state index contributed by atoms with van der Waals surface area (Å²) in [7, 11) is 0. The van der Waals surface area contributed by atoms with Crippen molar-refractivity contribution in [2.24, 2.45) is 5.73 Å². The number of rotatable bonds is 4. The molecule has 0 heterocycles. The van der Waals surface area contributed by atoms with Gasteiger partial charge in [0.25, 0.3) is 0 Å². The van der Waals surface area contributed by atoms with Crippen molar-refractivity contribution < 1.29 is 0 Å². The van der Waals surface area contributed by atoms with Gasteiger partial charge in [0, 0.05) is 6.54 Å². The van der Waals surface area contributed by atoms with Gasteiger partial charge in [-0.15, -0.1) is 0 Å². The molecular formula is C9H16N2. The van der Waals surface area contributed by atoms with E-state index in [0.29, 0.717) is 0 Å². The quantitative estimate of drug-likeness (QED) is 0.599. The summed E-state index contributed by atoms with van der Waals surface area (Å²) >= 11 is 0. The van der Waals surface area contributed by atoms with Crippen LogP contribution in [0.1, 0.15) is 13.8 Å². The molecule has 62 valence electrons. The fraction of sp³-hybridized carbons (Fsp3) is 0.333. The van der Waals surface area contributed by atoms with Crippen LogP contribution in [-0.4, -0.2) is 6.54 Å². The summed E-state index contributed by atoms with van der Waals surface area (Å²) in [5.74, 6) is 0. The minimum Gasteiger partial charge on any atom is -0.397 e. The van der Waals surface area contributed by atoms with E-state index in [1.54, 1.807) is 6.08 Å². The largest absolute Gasteiger partial charge is 0.397 e. The molecule has 0 saturated heterocycles. The number of allylic oxidation sites excluding steroid dienone is 3. The SMILES string of the molecule is C=C/C(NCC)=C(N)\C=C/C. The van der Waals surface area contributed by atoms with Gasteiger partial charge >= 0.3 is 0 Å². The smallest absolute Gasteiger partial charge is 0.0567 e. The van der Waals surface area contributed by atoms with Gasteiger partial charge in [-0.2, -0.15) is 0 Å². The summed E-state index contributed by atoms with van der Waals surface area (Å²) in [5, 5.41) is 3.10. The Labute approximate surface area is 68.5 Å². The Kier molecular flexibility index (Phi) is 4.99. The van der Waals surface area contributed by atoms with Crippen molar-refractivity contribution in [3.8, 4) is 0 Å². The molecule has 2 heteroatoms. The van der Waals surface area contributed by atoms with E-state index in [4.69, 9.17) is 5.73 Å². The Morgan fingerprint density at radius 3 is 2.64 bits per heavy atom. The maximum atomic E-state index is 5.68. The molecule has 0 amide bonds. The number of hydrogen-bond acceptors (Lipinski definition) is 2.